The first kappa shape index (κ1) is 17.6. The van der Waals surface area contributed by atoms with Crippen LogP contribution in [-0.4, -0.2) is 15.9 Å². The Morgan fingerprint density at radius 1 is 1.22 bits per heavy atom. The van der Waals surface area contributed by atoms with Gasteiger partial charge in [-0.3, -0.25) is 4.79 Å². The molecule has 0 aliphatic rings. The van der Waals surface area contributed by atoms with E-state index in [1.807, 2.05) is 12.1 Å². The number of nitrogens with zero attached hydrogens (tertiary/aromatic N) is 2. The van der Waals surface area contributed by atoms with Crippen LogP contribution in [0, 0.1) is 5.82 Å². The van der Waals surface area contributed by atoms with Crippen LogP contribution in [0.2, 0.25) is 5.02 Å². The Hall–Kier alpha value is -2.77. The van der Waals surface area contributed by atoms with Crippen molar-refractivity contribution >= 4 is 44.2 Å². The van der Waals surface area contributed by atoms with Crippen LogP contribution in [0.4, 0.5) is 9.52 Å². The van der Waals surface area contributed by atoms with Crippen LogP contribution in [0.1, 0.15) is 12.3 Å². The number of rotatable bonds is 5. The smallest absolute Gasteiger partial charge is 0.226 e. The third kappa shape index (κ3) is 4.15. The van der Waals surface area contributed by atoms with Crippen molar-refractivity contribution in [2.75, 3.05) is 5.32 Å². The number of carbonyl (C=O) groups excluding carboxylic acids is 1. The molecule has 4 aromatic rings. The number of aromatic nitrogens is 2. The number of halogens is 2. The number of nitrogens with one attached hydrogen (secondary N) is 1. The summed E-state index contributed by atoms with van der Waals surface area (Å²) in [5.41, 5.74) is 1.52. The molecule has 1 N–H and O–H groups in total. The number of carbonyl (C=O) groups is 1. The van der Waals surface area contributed by atoms with Crippen molar-refractivity contribution in [2.45, 2.75) is 12.8 Å². The maximum atomic E-state index is 13.2. The second kappa shape index (κ2) is 7.46. The fourth-order valence-corrected chi connectivity index (χ4v) is 3.56. The van der Waals surface area contributed by atoms with Gasteiger partial charge < -0.3 is 9.73 Å². The minimum absolute atomic E-state index is 0.199. The monoisotopic (exact) mass is 401 g/mol. The molecule has 27 heavy (non-hydrogen) atoms. The van der Waals surface area contributed by atoms with E-state index in [2.05, 4.69) is 15.3 Å². The summed E-state index contributed by atoms with van der Waals surface area (Å²) in [5.74, 6) is 0.557. The van der Waals surface area contributed by atoms with Crippen molar-refractivity contribution in [1.82, 2.24) is 9.97 Å². The molecule has 8 heteroatoms. The minimum atomic E-state index is -0.329. The molecule has 0 spiro atoms. The standard InChI is InChI=1S/C19H13ClFN3O2S/c20-12-3-1-11(2-4-12)15-10-22-18(26-15)8-7-17(25)24-19-23-14-6-5-13(21)9-16(14)27-19/h1-6,9-10H,7-8H2,(H,23,24,25). The Kier molecular flexibility index (Phi) is 4.87. The molecule has 0 saturated carbocycles. The molecule has 0 aliphatic carbocycles. The van der Waals surface area contributed by atoms with Gasteiger partial charge in [-0.05, 0) is 42.5 Å². The zero-order valence-electron chi connectivity index (χ0n) is 13.9. The van der Waals surface area contributed by atoms with Crippen molar-refractivity contribution in [2.24, 2.45) is 0 Å². The van der Waals surface area contributed by atoms with Gasteiger partial charge in [-0.15, -0.1) is 0 Å². The second-order valence-corrected chi connectivity index (χ2v) is 7.27. The van der Waals surface area contributed by atoms with E-state index in [0.29, 0.717) is 38.4 Å². The number of oxazole rings is 1. The van der Waals surface area contributed by atoms with Crippen LogP contribution in [0.25, 0.3) is 21.5 Å². The Bertz CT molecular complexity index is 1110. The zero-order chi connectivity index (χ0) is 18.8. The summed E-state index contributed by atoms with van der Waals surface area (Å²) in [5, 5.41) is 3.81. The number of aryl methyl sites for hydroxylation is 1. The second-order valence-electron chi connectivity index (χ2n) is 5.80. The Labute approximate surface area is 162 Å². The van der Waals surface area contributed by atoms with E-state index in [4.69, 9.17) is 16.0 Å². The molecular formula is C19H13ClFN3O2S. The van der Waals surface area contributed by atoms with Gasteiger partial charge in [-0.1, -0.05) is 22.9 Å². The van der Waals surface area contributed by atoms with Crippen LogP contribution in [0.15, 0.2) is 53.1 Å². The molecule has 0 atom stereocenters. The molecule has 1 amide bonds. The first-order valence-electron chi connectivity index (χ1n) is 8.13. The number of amides is 1. The maximum absolute atomic E-state index is 13.2. The molecule has 0 unspecified atom stereocenters. The Morgan fingerprint density at radius 3 is 2.85 bits per heavy atom. The summed E-state index contributed by atoms with van der Waals surface area (Å²) in [4.78, 5) is 20.6. The molecule has 0 radical (unpaired) electrons. The lowest BCUT2D eigenvalue weighted by molar-refractivity contribution is -0.116. The fraction of sp³-hybridized carbons (Fsp3) is 0.105. The molecular weight excluding hydrogens is 389 g/mol. The predicted molar refractivity (Wildman–Crippen MR) is 103 cm³/mol. The average molecular weight is 402 g/mol. The van der Waals surface area contributed by atoms with Gasteiger partial charge in [0.25, 0.3) is 0 Å². The van der Waals surface area contributed by atoms with E-state index in [1.165, 1.54) is 23.5 Å². The van der Waals surface area contributed by atoms with Gasteiger partial charge in [0, 0.05) is 23.4 Å². The summed E-state index contributed by atoms with van der Waals surface area (Å²) in [6.07, 6.45) is 2.18. The largest absolute Gasteiger partial charge is 0.441 e. The summed E-state index contributed by atoms with van der Waals surface area (Å²) < 4.78 is 19.6. The first-order chi connectivity index (χ1) is 13.1. The lowest BCUT2D eigenvalue weighted by Crippen LogP contribution is -2.12. The molecule has 0 saturated heterocycles. The SMILES string of the molecule is O=C(CCc1ncc(-c2ccc(Cl)cc2)o1)Nc1nc2ccc(F)cc2s1. The molecule has 2 aromatic carbocycles. The molecule has 0 bridgehead atoms. The first-order valence-corrected chi connectivity index (χ1v) is 9.33. The predicted octanol–water partition coefficient (Wildman–Crippen LogP) is 5.32. The van der Waals surface area contributed by atoms with E-state index < -0.39 is 0 Å². The third-order valence-corrected chi connectivity index (χ3v) is 5.03. The zero-order valence-corrected chi connectivity index (χ0v) is 15.5. The van der Waals surface area contributed by atoms with Crippen molar-refractivity contribution in [3.63, 3.8) is 0 Å². The highest BCUT2D eigenvalue weighted by Gasteiger charge is 2.11. The van der Waals surface area contributed by atoms with Crippen molar-refractivity contribution in [3.05, 3.63) is 65.4 Å². The van der Waals surface area contributed by atoms with Crippen LogP contribution < -0.4 is 5.32 Å². The van der Waals surface area contributed by atoms with Gasteiger partial charge >= 0.3 is 0 Å². The van der Waals surface area contributed by atoms with Gasteiger partial charge in [0.15, 0.2) is 16.8 Å². The Morgan fingerprint density at radius 2 is 2.04 bits per heavy atom. The van der Waals surface area contributed by atoms with E-state index in [0.717, 1.165) is 5.56 Å². The molecule has 0 fully saturated rings. The van der Waals surface area contributed by atoms with Gasteiger partial charge in [0.1, 0.15) is 5.82 Å². The van der Waals surface area contributed by atoms with Gasteiger partial charge in [-0.25, -0.2) is 14.4 Å². The van der Waals surface area contributed by atoms with Crippen LogP contribution in [0.3, 0.4) is 0 Å². The highest BCUT2D eigenvalue weighted by atomic mass is 35.5. The van der Waals surface area contributed by atoms with E-state index in [1.54, 1.807) is 24.4 Å². The van der Waals surface area contributed by atoms with Crippen LogP contribution in [-0.2, 0) is 11.2 Å². The normalized spacial score (nSPS) is 11.0. The summed E-state index contributed by atoms with van der Waals surface area (Å²) in [6, 6.07) is 11.6. The number of hydrogen-bond acceptors (Lipinski definition) is 5. The number of hydrogen-bond donors (Lipinski definition) is 1. The summed E-state index contributed by atoms with van der Waals surface area (Å²) >= 11 is 7.11. The third-order valence-electron chi connectivity index (χ3n) is 3.85. The molecule has 2 aromatic heterocycles. The Balaban J connectivity index is 1.36. The van der Waals surface area contributed by atoms with Gasteiger partial charge in [0.05, 0.1) is 16.4 Å². The highest BCUT2D eigenvalue weighted by Crippen LogP contribution is 2.27. The number of benzene rings is 2. The minimum Gasteiger partial charge on any atom is -0.441 e. The van der Waals surface area contributed by atoms with Crippen molar-refractivity contribution < 1.29 is 13.6 Å². The van der Waals surface area contributed by atoms with Crippen molar-refractivity contribution in [3.8, 4) is 11.3 Å². The van der Waals surface area contributed by atoms with E-state index >= 15 is 0 Å². The molecule has 4 rings (SSSR count). The van der Waals surface area contributed by atoms with Gasteiger partial charge in [0.2, 0.25) is 5.91 Å². The van der Waals surface area contributed by atoms with Gasteiger partial charge in [-0.2, -0.15) is 0 Å². The van der Waals surface area contributed by atoms with E-state index in [-0.39, 0.29) is 18.1 Å². The average Bonchev–Trinajstić information content (AvgIpc) is 3.26. The quantitative estimate of drug-likeness (QED) is 0.491. The number of fused-ring (bicyclic) bond motifs is 1. The maximum Gasteiger partial charge on any atom is 0.226 e. The summed E-state index contributed by atoms with van der Waals surface area (Å²) in [6.45, 7) is 0. The summed E-state index contributed by atoms with van der Waals surface area (Å²) in [7, 11) is 0. The van der Waals surface area contributed by atoms with Crippen LogP contribution >= 0.6 is 22.9 Å². The lowest BCUT2D eigenvalue weighted by atomic mass is 10.2. The van der Waals surface area contributed by atoms with E-state index in [9.17, 15) is 9.18 Å². The lowest BCUT2D eigenvalue weighted by Gasteiger charge is -1.99. The molecule has 2 heterocycles. The van der Waals surface area contributed by atoms with Crippen molar-refractivity contribution in [1.29, 1.82) is 0 Å². The number of anilines is 1. The fourth-order valence-electron chi connectivity index (χ4n) is 2.53. The molecule has 0 aliphatic heterocycles. The van der Waals surface area contributed by atoms with Crippen LogP contribution in [0.5, 0.6) is 0 Å². The molecule has 136 valence electrons. The highest BCUT2D eigenvalue weighted by molar-refractivity contribution is 7.22. The topological polar surface area (TPSA) is 68.0 Å². The number of thiazole rings is 1. The molecule has 5 nitrogen and oxygen atoms in total.